The highest BCUT2D eigenvalue weighted by molar-refractivity contribution is 5.92. The minimum Gasteiger partial charge on any atom is -0.493 e. The minimum absolute atomic E-state index is 0.0258. The number of carbonyl (C=O) groups is 2. The van der Waals surface area contributed by atoms with Gasteiger partial charge in [0.25, 0.3) is 0 Å². The maximum Gasteiger partial charge on any atom is 0.328 e. The molecule has 1 fully saturated rings. The fraction of sp³-hybridized carbons (Fsp3) is 0.350. The third-order valence-electron chi connectivity index (χ3n) is 9.39. The summed E-state index contributed by atoms with van der Waals surface area (Å²) in [5.41, 5.74) is 6.57. The number of benzene rings is 4. The van der Waals surface area contributed by atoms with Gasteiger partial charge in [0.05, 0.1) is 40.1 Å². The largest absolute Gasteiger partial charge is 0.493 e. The summed E-state index contributed by atoms with van der Waals surface area (Å²) in [6, 6.07) is 27.3. The molecular weight excluding hydrogens is 650 g/mol. The fourth-order valence-electron chi connectivity index (χ4n) is 6.65. The topological polar surface area (TPSA) is 128 Å². The lowest BCUT2D eigenvalue weighted by molar-refractivity contribution is -0.253. The molecule has 4 atom stereocenters. The Morgan fingerprint density at radius 1 is 0.863 bits per heavy atom. The zero-order chi connectivity index (χ0) is 35.7. The molecule has 2 aliphatic heterocycles. The first kappa shape index (κ1) is 35.9. The van der Waals surface area contributed by atoms with Gasteiger partial charge in [0.15, 0.2) is 17.8 Å². The molecule has 3 N–H and O–H groups in total. The highest BCUT2D eigenvalue weighted by Gasteiger charge is 2.34. The summed E-state index contributed by atoms with van der Waals surface area (Å²) >= 11 is 0. The van der Waals surface area contributed by atoms with Crippen molar-refractivity contribution in [2.45, 2.75) is 57.0 Å². The third kappa shape index (κ3) is 9.05. The number of hydrogen-bond donors (Lipinski definition) is 3. The maximum atomic E-state index is 12.9. The van der Waals surface area contributed by atoms with E-state index < -0.39 is 24.3 Å². The predicted octanol–water partition coefficient (Wildman–Crippen LogP) is 5.71. The monoisotopic (exact) mass is 695 g/mol. The van der Waals surface area contributed by atoms with E-state index in [1.165, 1.54) is 18.2 Å². The van der Waals surface area contributed by atoms with Crippen LogP contribution in [0.3, 0.4) is 0 Å². The van der Waals surface area contributed by atoms with Gasteiger partial charge in [0.2, 0.25) is 0 Å². The number of hydrogen-bond acceptors (Lipinski definition) is 9. The highest BCUT2D eigenvalue weighted by atomic mass is 16.7. The molecule has 0 spiro atoms. The van der Waals surface area contributed by atoms with Crippen LogP contribution in [0.2, 0.25) is 0 Å². The molecule has 0 aliphatic carbocycles. The Labute approximate surface area is 298 Å². The molecule has 0 saturated carbocycles. The van der Waals surface area contributed by atoms with Gasteiger partial charge in [-0.3, -0.25) is 4.90 Å². The number of aliphatic hydroxyl groups is 1. The first-order valence-corrected chi connectivity index (χ1v) is 17.1. The average molecular weight is 696 g/mol. The van der Waals surface area contributed by atoms with Gasteiger partial charge in [-0.2, -0.15) is 0 Å². The van der Waals surface area contributed by atoms with Crippen LogP contribution in [-0.4, -0.2) is 68.6 Å². The number of ether oxygens (including phenoxy) is 5. The normalized spacial score (nSPS) is 19.3. The van der Waals surface area contributed by atoms with E-state index >= 15 is 0 Å². The van der Waals surface area contributed by atoms with Crippen molar-refractivity contribution in [3.05, 3.63) is 124 Å². The summed E-state index contributed by atoms with van der Waals surface area (Å²) < 4.78 is 29.2. The van der Waals surface area contributed by atoms with Crippen molar-refractivity contribution >= 4 is 17.7 Å². The van der Waals surface area contributed by atoms with Crippen molar-refractivity contribution in [3.8, 4) is 11.5 Å². The van der Waals surface area contributed by atoms with Gasteiger partial charge in [-0.15, -0.1) is 0 Å². The molecule has 6 rings (SSSR count). The average Bonchev–Trinajstić information content (AvgIpc) is 3.17. The van der Waals surface area contributed by atoms with Crippen LogP contribution in [0.1, 0.15) is 52.2 Å². The molecule has 11 heteroatoms. The summed E-state index contributed by atoms with van der Waals surface area (Å²) in [4.78, 5) is 27.8. The molecule has 0 bridgehead atoms. The van der Waals surface area contributed by atoms with Crippen molar-refractivity contribution in [1.82, 2.24) is 10.2 Å². The zero-order valence-electron chi connectivity index (χ0n) is 29.2. The molecule has 4 aromatic carbocycles. The summed E-state index contributed by atoms with van der Waals surface area (Å²) in [7, 11) is 4.61. The Balaban J connectivity index is 1.14. The highest BCUT2D eigenvalue weighted by Crippen LogP contribution is 2.39. The van der Waals surface area contributed by atoms with Crippen LogP contribution < -0.4 is 20.1 Å². The third-order valence-corrected chi connectivity index (χ3v) is 9.39. The number of carbonyl (C=O) groups excluding carboxylic acids is 2. The minimum atomic E-state index is -0.848. The number of fused-ring (bicyclic) bond motifs is 1. The predicted molar refractivity (Wildman–Crippen MR) is 191 cm³/mol. The SMILES string of the molecule is COC(=O)[C@H](Cc1ccccc1)NC(=O)Nc1ccc([C@H]2O[C@@H](CN3CCc4cc(OC)c(OC)cc4C3)C[C@@H](c3ccc(CO)cc3)O2)cc1. The van der Waals surface area contributed by atoms with Gasteiger partial charge < -0.3 is 39.4 Å². The number of nitrogens with one attached hydrogen (secondary N) is 2. The van der Waals surface area contributed by atoms with Gasteiger partial charge in [-0.1, -0.05) is 66.7 Å². The van der Waals surface area contributed by atoms with E-state index in [9.17, 15) is 14.7 Å². The van der Waals surface area contributed by atoms with Crippen molar-refractivity contribution in [3.63, 3.8) is 0 Å². The van der Waals surface area contributed by atoms with Gasteiger partial charge in [0.1, 0.15) is 6.04 Å². The number of anilines is 1. The fourth-order valence-corrected chi connectivity index (χ4v) is 6.65. The Morgan fingerprint density at radius 2 is 1.55 bits per heavy atom. The number of esters is 1. The molecule has 2 amide bonds. The van der Waals surface area contributed by atoms with Crippen LogP contribution in [-0.2, 0) is 45.0 Å². The van der Waals surface area contributed by atoms with Gasteiger partial charge in [-0.05, 0) is 58.5 Å². The molecular formula is C40H45N3O8. The molecule has 0 unspecified atom stereocenters. The van der Waals surface area contributed by atoms with Crippen LogP contribution in [0.15, 0.2) is 91.0 Å². The molecule has 2 aliphatic rings. The number of methoxy groups -OCH3 is 3. The van der Waals surface area contributed by atoms with Crippen LogP contribution in [0.5, 0.6) is 11.5 Å². The van der Waals surface area contributed by atoms with Gasteiger partial charge in [-0.25, -0.2) is 9.59 Å². The number of nitrogens with zero attached hydrogens (tertiary/aromatic N) is 1. The van der Waals surface area contributed by atoms with E-state index in [1.807, 2.05) is 66.7 Å². The molecule has 0 radical (unpaired) electrons. The van der Waals surface area contributed by atoms with E-state index in [2.05, 4.69) is 27.7 Å². The van der Waals surface area contributed by atoms with E-state index in [0.29, 0.717) is 25.1 Å². The summed E-state index contributed by atoms with van der Waals surface area (Å²) in [6.07, 6.45) is 0.846. The van der Waals surface area contributed by atoms with Crippen LogP contribution in [0, 0.1) is 0 Å². The lowest BCUT2D eigenvalue weighted by Crippen LogP contribution is -2.45. The molecule has 1 saturated heterocycles. The quantitative estimate of drug-likeness (QED) is 0.160. The zero-order valence-corrected chi connectivity index (χ0v) is 29.2. The van der Waals surface area contributed by atoms with E-state index in [1.54, 1.807) is 26.4 Å². The van der Waals surface area contributed by atoms with Crippen LogP contribution in [0.25, 0.3) is 0 Å². The standard InChI is InChI=1S/C40H45N3O8/c1-47-36-20-30-17-18-43(23-31(30)21-37(36)48-2)24-33-22-35(28-11-9-27(25-44)10-12-28)51-39(50-33)29-13-15-32(16-14-29)41-40(46)42-34(38(45)49-3)19-26-7-5-4-6-8-26/h4-16,20-21,33-35,39,44H,17-19,22-25H2,1-3H3,(H2,41,42,46)/t33-,34+,35+,39+/m1/s1. The maximum absolute atomic E-state index is 12.9. The number of amides is 2. The van der Waals surface area contributed by atoms with Gasteiger partial charge >= 0.3 is 12.0 Å². The summed E-state index contributed by atoms with van der Waals surface area (Å²) in [5.74, 6) is 0.934. The Kier molecular flexibility index (Phi) is 11.8. The lowest BCUT2D eigenvalue weighted by atomic mass is 9.97. The number of rotatable bonds is 12. The molecule has 4 aromatic rings. The Hall–Kier alpha value is -4.94. The summed E-state index contributed by atoms with van der Waals surface area (Å²) in [5, 5.41) is 15.1. The second kappa shape index (κ2) is 16.8. The van der Waals surface area contributed by atoms with Crippen molar-refractivity contribution in [2.75, 3.05) is 39.7 Å². The Bertz CT molecular complexity index is 1770. The number of urea groups is 1. The van der Waals surface area contributed by atoms with E-state index in [-0.39, 0.29) is 18.8 Å². The van der Waals surface area contributed by atoms with Crippen LogP contribution in [0.4, 0.5) is 10.5 Å². The molecule has 268 valence electrons. The van der Waals surface area contributed by atoms with Crippen molar-refractivity contribution in [1.29, 1.82) is 0 Å². The number of aliphatic hydroxyl groups excluding tert-OH is 1. The van der Waals surface area contributed by atoms with Crippen molar-refractivity contribution in [2.24, 2.45) is 0 Å². The van der Waals surface area contributed by atoms with Gasteiger partial charge in [0, 0.05) is 43.7 Å². The second-order valence-electron chi connectivity index (χ2n) is 12.8. The van der Waals surface area contributed by atoms with Crippen LogP contribution >= 0.6 is 0 Å². The first-order chi connectivity index (χ1) is 24.8. The molecule has 51 heavy (non-hydrogen) atoms. The molecule has 2 heterocycles. The Morgan fingerprint density at radius 3 is 2.22 bits per heavy atom. The lowest BCUT2D eigenvalue weighted by Gasteiger charge is -2.39. The molecule has 0 aromatic heterocycles. The summed E-state index contributed by atoms with van der Waals surface area (Å²) in [6.45, 7) is 2.33. The first-order valence-electron chi connectivity index (χ1n) is 17.1. The van der Waals surface area contributed by atoms with E-state index in [4.69, 9.17) is 23.7 Å². The smallest absolute Gasteiger partial charge is 0.328 e. The molecule has 11 nitrogen and oxygen atoms in total. The van der Waals surface area contributed by atoms with E-state index in [0.717, 1.165) is 53.3 Å². The van der Waals surface area contributed by atoms with Crippen molar-refractivity contribution < 1.29 is 38.4 Å². The second-order valence-corrected chi connectivity index (χ2v) is 12.8.